The molecule has 0 radical (unpaired) electrons. The highest BCUT2D eigenvalue weighted by Gasteiger charge is 2.44. The number of fused-ring (bicyclic) bond motifs is 1. The van der Waals surface area contributed by atoms with E-state index in [0.717, 1.165) is 73.1 Å². The summed E-state index contributed by atoms with van der Waals surface area (Å²) in [6, 6.07) is 12.4. The fourth-order valence-electron chi connectivity index (χ4n) is 5.46. The number of rotatable bonds is 7. The minimum Gasteiger partial charge on any atom is -0.359 e. The lowest BCUT2D eigenvalue weighted by atomic mass is 9.96. The Morgan fingerprint density at radius 2 is 1.89 bits per heavy atom. The largest absolute Gasteiger partial charge is 0.359 e. The molecule has 1 aromatic carbocycles. The van der Waals surface area contributed by atoms with Crippen molar-refractivity contribution in [3.05, 3.63) is 58.4 Å². The fraction of sp³-hybridized carbons (Fsp3) is 0.467. The van der Waals surface area contributed by atoms with E-state index >= 15 is 0 Å². The maximum atomic E-state index is 12.9. The second-order valence-corrected chi connectivity index (χ2v) is 11.4. The molecular weight excluding hydrogens is 482 g/mol. The second-order valence-electron chi connectivity index (χ2n) is 11.0. The summed E-state index contributed by atoms with van der Waals surface area (Å²) in [5, 5.41) is 11.0. The molecule has 7 heteroatoms. The SMILES string of the molecule is C\C(C#N)=C/C(=C(\N=C\N1CCN(C(=O)C2CC2)C(C2CC2)C1)C1CC1)c1cc(Cl)nc2ccccc12. The summed E-state index contributed by atoms with van der Waals surface area (Å²) in [5.41, 5.74) is 4.36. The molecule has 1 aromatic heterocycles. The molecule has 1 saturated heterocycles. The summed E-state index contributed by atoms with van der Waals surface area (Å²) in [5.74, 6) is 1.62. The molecule has 6 rings (SSSR count). The van der Waals surface area contributed by atoms with E-state index < -0.39 is 0 Å². The lowest BCUT2D eigenvalue weighted by Crippen LogP contribution is -2.56. The molecular formula is C30H32ClN5O. The zero-order valence-corrected chi connectivity index (χ0v) is 22.0. The van der Waals surface area contributed by atoms with Gasteiger partial charge in [-0.25, -0.2) is 9.98 Å². The van der Waals surface area contributed by atoms with Crippen LogP contribution in [0, 0.1) is 29.1 Å². The van der Waals surface area contributed by atoms with E-state index in [-0.39, 0.29) is 5.92 Å². The molecule has 2 aromatic rings. The van der Waals surface area contributed by atoms with Crippen LogP contribution in [-0.2, 0) is 4.79 Å². The molecule has 1 atom stereocenters. The number of benzene rings is 1. The van der Waals surface area contributed by atoms with Gasteiger partial charge in [0.1, 0.15) is 5.15 Å². The van der Waals surface area contributed by atoms with Crippen molar-refractivity contribution in [2.24, 2.45) is 22.7 Å². The van der Waals surface area contributed by atoms with Gasteiger partial charge in [0.2, 0.25) is 5.91 Å². The van der Waals surface area contributed by atoms with E-state index in [1.165, 1.54) is 12.8 Å². The van der Waals surface area contributed by atoms with E-state index in [4.69, 9.17) is 16.6 Å². The molecule has 4 fully saturated rings. The number of piperazine rings is 1. The summed E-state index contributed by atoms with van der Waals surface area (Å²) >= 11 is 6.46. The van der Waals surface area contributed by atoms with Crippen molar-refractivity contribution in [2.75, 3.05) is 19.6 Å². The number of carbonyl (C=O) groups excluding carboxylic acids is 1. The maximum Gasteiger partial charge on any atom is 0.226 e. The average molecular weight is 514 g/mol. The average Bonchev–Trinajstić information content (AvgIpc) is 3.77. The standard InChI is InChI=1S/C30H32ClN5O/c1-19(16-32)14-25(24-15-28(31)34-26-5-3-2-4-23(24)26)29(21-8-9-21)33-18-35-12-13-36(30(37)22-10-11-22)27(17-35)20-6-7-20/h2-5,14-15,18,20-22,27H,6-13,17H2,1H3/b19-14+,29-25+,33-18+. The molecule has 1 aliphatic heterocycles. The number of halogens is 1. The second kappa shape index (κ2) is 9.95. The monoisotopic (exact) mass is 513 g/mol. The maximum absolute atomic E-state index is 12.9. The number of para-hydroxylation sites is 1. The van der Waals surface area contributed by atoms with Gasteiger partial charge in [-0.15, -0.1) is 0 Å². The van der Waals surface area contributed by atoms with Crippen LogP contribution in [0.15, 0.2) is 52.7 Å². The number of allylic oxidation sites excluding steroid dienone is 4. The number of pyridine rings is 1. The Morgan fingerprint density at radius 1 is 1.14 bits per heavy atom. The molecule has 190 valence electrons. The molecule has 2 heterocycles. The van der Waals surface area contributed by atoms with Crippen molar-refractivity contribution in [1.29, 1.82) is 5.26 Å². The number of nitriles is 1. The van der Waals surface area contributed by atoms with Gasteiger partial charge >= 0.3 is 0 Å². The third-order valence-electron chi connectivity index (χ3n) is 7.94. The summed E-state index contributed by atoms with van der Waals surface area (Å²) < 4.78 is 0. The number of hydrogen-bond acceptors (Lipinski definition) is 4. The smallest absolute Gasteiger partial charge is 0.226 e. The van der Waals surface area contributed by atoms with E-state index in [1.54, 1.807) is 0 Å². The Hall–Kier alpha value is -3.17. The molecule has 0 spiro atoms. The fourth-order valence-corrected chi connectivity index (χ4v) is 5.66. The van der Waals surface area contributed by atoms with Crippen molar-refractivity contribution in [1.82, 2.24) is 14.8 Å². The summed E-state index contributed by atoms with van der Waals surface area (Å²) in [7, 11) is 0. The van der Waals surface area contributed by atoms with Crippen molar-refractivity contribution in [2.45, 2.75) is 51.5 Å². The van der Waals surface area contributed by atoms with Gasteiger partial charge in [0.25, 0.3) is 0 Å². The van der Waals surface area contributed by atoms with Crippen LogP contribution >= 0.6 is 11.6 Å². The van der Waals surface area contributed by atoms with Gasteiger partial charge in [-0.1, -0.05) is 29.8 Å². The number of aliphatic imine (C=N–C) groups is 1. The van der Waals surface area contributed by atoms with Gasteiger partial charge in [-0.2, -0.15) is 5.26 Å². The van der Waals surface area contributed by atoms with Gasteiger partial charge in [0.15, 0.2) is 0 Å². The minimum atomic E-state index is 0.269. The number of hydrogen-bond donors (Lipinski definition) is 0. The van der Waals surface area contributed by atoms with Crippen molar-refractivity contribution < 1.29 is 4.79 Å². The number of amides is 1. The molecule has 6 nitrogen and oxygen atoms in total. The van der Waals surface area contributed by atoms with Crippen LogP contribution in [-0.4, -0.2) is 52.7 Å². The first-order valence-electron chi connectivity index (χ1n) is 13.5. The van der Waals surface area contributed by atoms with E-state index in [9.17, 15) is 10.1 Å². The van der Waals surface area contributed by atoms with Gasteiger partial charge in [-0.05, 0) is 75.1 Å². The van der Waals surface area contributed by atoms with Crippen molar-refractivity contribution >= 4 is 40.3 Å². The van der Waals surface area contributed by atoms with Crippen molar-refractivity contribution in [3.63, 3.8) is 0 Å². The van der Waals surface area contributed by atoms with Crippen LogP contribution in [0.5, 0.6) is 0 Å². The highest BCUT2D eigenvalue weighted by molar-refractivity contribution is 6.30. The molecule has 3 aliphatic carbocycles. The number of aromatic nitrogens is 1. The predicted molar refractivity (Wildman–Crippen MR) is 147 cm³/mol. The van der Waals surface area contributed by atoms with Gasteiger partial charge in [0, 0.05) is 48.0 Å². The topological polar surface area (TPSA) is 72.6 Å². The third kappa shape index (κ3) is 5.29. The summed E-state index contributed by atoms with van der Waals surface area (Å²) in [4.78, 5) is 27.0. The predicted octanol–water partition coefficient (Wildman–Crippen LogP) is 5.84. The summed E-state index contributed by atoms with van der Waals surface area (Å²) in [6.45, 7) is 4.25. The molecule has 3 saturated carbocycles. The van der Waals surface area contributed by atoms with E-state index in [1.807, 2.05) is 49.7 Å². The molecule has 0 N–H and O–H groups in total. The zero-order valence-electron chi connectivity index (χ0n) is 21.2. The third-order valence-corrected chi connectivity index (χ3v) is 8.13. The Kier molecular flexibility index (Phi) is 6.50. The normalized spacial score (nSPS) is 23.4. The van der Waals surface area contributed by atoms with E-state index in [2.05, 4.69) is 20.9 Å². The highest BCUT2D eigenvalue weighted by atomic mass is 35.5. The quantitative estimate of drug-likeness (QED) is 0.153. The first-order chi connectivity index (χ1) is 18.0. The Balaban J connectivity index is 1.36. The van der Waals surface area contributed by atoms with Gasteiger partial charge in [-0.3, -0.25) is 4.79 Å². The molecule has 37 heavy (non-hydrogen) atoms. The van der Waals surface area contributed by atoms with Gasteiger partial charge in [0.05, 0.1) is 29.7 Å². The van der Waals surface area contributed by atoms with Gasteiger partial charge < -0.3 is 9.80 Å². The number of carbonyl (C=O) groups is 1. The molecule has 4 aliphatic rings. The lowest BCUT2D eigenvalue weighted by molar-refractivity contribution is -0.137. The number of nitrogens with zero attached hydrogens (tertiary/aromatic N) is 5. The Morgan fingerprint density at radius 3 is 2.59 bits per heavy atom. The minimum absolute atomic E-state index is 0.269. The highest BCUT2D eigenvalue weighted by Crippen LogP contribution is 2.43. The first-order valence-corrected chi connectivity index (χ1v) is 13.9. The molecule has 0 bridgehead atoms. The van der Waals surface area contributed by atoms with Crippen LogP contribution in [0.2, 0.25) is 5.15 Å². The Bertz CT molecular complexity index is 1360. The zero-order chi connectivity index (χ0) is 25.5. The van der Waals surface area contributed by atoms with E-state index in [0.29, 0.717) is 34.5 Å². The molecule has 1 amide bonds. The summed E-state index contributed by atoms with van der Waals surface area (Å²) in [6.07, 6.45) is 10.6. The van der Waals surface area contributed by atoms with Crippen LogP contribution in [0.3, 0.4) is 0 Å². The molecule has 1 unspecified atom stereocenters. The van der Waals surface area contributed by atoms with Crippen LogP contribution in [0.4, 0.5) is 0 Å². The Labute approximate surface area is 223 Å². The van der Waals surface area contributed by atoms with Crippen molar-refractivity contribution in [3.8, 4) is 6.07 Å². The van der Waals surface area contributed by atoms with Crippen LogP contribution in [0.25, 0.3) is 16.5 Å². The lowest BCUT2D eigenvalue weighted by Gasteiger charge is -2.41. The van der Waals surface area contributed by atoms with Crippen LogP contribution < -0.4 is 0 Å². The van der Waals surface area contributed by atoms with Crippen LogP contribution in [0.1, 0.15) is 51.0 Å². The first kappa shape index (κ1) is 24.2.